The third-order valence-electron chi connectivity index (χ3n) is 2.93. The van der Waals surface area contributed by atoms with Crippen molar-refractivity contribution < 1.29 is 9.53 Å². The molecule has 1 atom stereocenters. The summed E-state index contributed by atoms with van der Waals surface area (Å²) in [4.78, 5) is 12.9. The summed E-state index contributed by atoms with van der Waals surface area (Å²) in [5, 5.41) is 18.2. The van der Waals surface area contributed by atoms with Crippen LogP contribution in [0.1, 0.15) is 20.3 Å². The highest BCUT2D eigenvalue weighted by Gasteiger charge is 2.48. The fourth-order valence-electron chi connectivity index (χ4n) is 1.75. The van der Waals surface area contributed by atoms with Crippen LogP contribution in [0.4, 0.5) is 0 Å². The first-order valence-electron chi connectivity index (χ1n) is 4.84. The van der Waals surface area contributed by atoms with Crippen molar-refractivity contribution in [3.8, 4) is 12.3 Å². The van der Waals surface area contributed by atoms with Crippen LogP contribution in [0.2, 0.25) is 0 Å². The summed E-state index contributed by atoms with van der Waals surface area (Å²) < 4.78 is 4.62. The standard InChI is InChI=1S/C11H13N3O2/c1-8-4-11(6-12,10(15)16-3)14(7-13)5-9(8)2/h4-5H2,1-3H3. The number of nitrogens with zero attached hydrogens (tertiary/aromatic N) is 3. The molecular formula is C11H13N3O2. The highest BCUT2D eigenvalue weighted by Crippen LogP contribution is 2.31. The summed E-state index contributed by atoms with van der Waals surface area (Å²) in [6, 6.07) is 1.91. The third-order valence-corrected chi connectivity index (χ3v) is 2.93. The van der Waals surface area contributed by atoms with Crippen LogP contribution in [0, 0.1) is 22.8 Å². The fourth-order valence-corrected chi connectivity index (χ4v) is 1.75. The highest BCUT2D eigenvalue weighted by atomic mass is 16.5. The Morgan fingerprint density at radius 3 is 2.50 bits per heavy atom. The normalized spacial score (nSPS) is 24.7. The lowest BCUT2D eigenvalue weighted by Gasteiger charge is -2.37. The van der Waals surface area contributed by atoms with Crippen molar-refractivity contribution >= 4 is 5.97 Å². The van der Waals surface area contributed by atoms with Crippen LogP contribution in [-0.2, 0) is 9.53 Å². The lowest BCUT2D eigenvalue weighted by Crippen LogP contribution is -2.55. The minimum atomic E-state index is -1.49. The lowest BCUT2D eigenvalue weighted by molar-refractivity contribution is -0.150. The maximum Gasteiger partial charge on any atom is 0.347 e. The molecule has 0 amide bonds. The smallest absolute Gasteiger partial charge is 0.347 e. The molecule has 1 heterocycles. The van der Waals surface area contributed by atoms with E-state index >= 15 is 0 Å². The molecule has 0 N–H and O–H groups in total. The molecule has 5 heteroatoms. The molecule has 1 aliphatic heterocycles. The summed E-state index contributed by atoms with van der Waals surface area (Å²) in [6.07, 6.45) is 2.11. The van der Waals surface area contributed by atoms with Gasteiger partial charge in [-0.15, -0.1) is 0 Å². The second-order valence-corrected chi connectivity index (χ2v) is 3.89. The molecule has 0 bridgehead atoms. The molecule has 5 nitrogen and oxygen atoms in total. The van der Waals surface area contributed by atoms with Gasteiger partial charge in [-0.1, -0.05) is 11.1 Å². The third kappa shape index (κ3) is 1.61. The molecular weight excluding hydrogens is 206 g/mol. The molecule has 84 valence electrons. The van der Waals surface area contributed by atoms with Crippen molar-refractivity contribution in [3.63, 3.8) is 0 Å². The van der Waals surface area contributed by atoms with Crippen LogP contribution >= 0.6 is 0 Å². The van der Waals surface area contributed by atoms with Crippen LogP contribution in [-0.4, -0.2) is 30.1 Å². The van der Waals surface area contributed by atoms with Gasteiger partial charge in [-0.3, -0.25) is 4.90 Å². The fraction of sp³-hybridized carbons (Fsp3) is 0.545. The predicted octanol–water partition coefficient (Wildman–Crippen LogP) is 0.945. The Labute approximate surface area is 94.5 Å². The number of carbonyl (C=O) groups is 1. The van der Waals surface area contributed by atoms with Crippen molar-refractivity contribution in [3.05, 3.63) is 11.1 Å². The quantitative estimate of drug-likeness (QED) is 0.372. The van der Waals surface area contributed by atoms with Crippen molar-refractivity contribution in [2.45, 2.75) is 25.8 Å². The van der Waals surface area contributed by atoms with Crippen molar-refractivity contribution in [1.82, 2.24) is 4.90 Å². The second kappa shape index (κ2) is 4.24. The Balaban J connectivity index is 3.25. The van der Waals surface area contributed by atoms with Gasteiger partial charge in [0.05, 0.1) is 13.7 Å². The number of ether oxygens (including phenoxy) is 1. The number of hydrogen-bond donors (Lipinski definition) is 0. The Morgan fingerprint density at radius 1 is 1.44 bits per heavy atom. The molecule has 0 aromatic carbocycles. The largest absolute Gasteiger partial charge is 0.466 e. The van der Waals surface area contributed by atoms with Crippen molar-refractivity contribution in [1.29, 1.82) is 10.5 Å². The first-order chi connectivity index (χ1) is 7.51. The number of nitriles is 2. The zero-order chi connectivity index (χ0) is 12.3. The van der Waals surface area contributed by atoms with Crippen LogP contribution in [0.5, 0.6) is 0 Å². The molecule has 16 heavy (non-hydrogen) atoms. The second-order valence-electron chi connectivity index (χ2n) is 3.89. The van der Waals surface area contributed by atoms with Gasteiger partial charge in [0.1, 0.15) is 6.07 Å². The van der Waals surface area contributed by atoms with E-state index in [1.807, 2.05) is 26.1 Å². The van der Waals surface area contributed by atoms with Gasteiger partial charge in [0.25, 0.3) is 0 Å². The maximum absolute atomic E-state index is 11.7. The number of esters is 1. The summed E-state index contributed by atoms with van der Waals surface area (Å²) in [6.45, 7) is 4.04. The number of rotatable bonds is 1. The van der Waals surface area contributed by atoms with Gasteiger partial charge in [-0.2, -0.15) is 10.5 Å². The van der Waals surface area contributed by atoms with Crippen LogP contribution in [0.15, 0.2) is 11.1 Å². The molecule has 1 unspecified atom stereocenters. The van der Waals surface area contributed by atoms with Gasteiger partial charge in [0, 0.05) is 6.42 Å². The lowest BCUT2D eigenvalue weighted by atomic mass is 9.85. The monoisotopic (exact) mass is 219 g/mol. The van der Waals surface area contributed by atoms with Gasteiger partial charge < -0.3 is 4.74 Å². The average molecular weight is 219 g/mol. The number of carbonyl (C=O) groups excluding carboxylic acids is 1. The van der Waals surface area contributed by atoms with Gasteiger partial charge in [-0.25, -0.2) is 4.79 Å². The van der Waals surface area contributed by atoms with Crippen LogP contribution in [0.3, 0.4) is 0 Å². The van der Waals surface area contributed by atoms with Crippen LogP contribution < -0.4 is 0 Å². The highest BCUT2D eigenvalue weighted by molar-refractivity contribution is 5.85. The first-order valence-corrected chi connectivity index (χ1v) is 4.84. The van der Waals surface area contributed by atoms with Gasteiger partial charge >= 0.3 is 5.97 Å². The zero-order valence-corrected chi connectivity index (χ0v) is 9.57. The van der Waals surface area contributed by atoms with Gasteiger partial charge in [-0.05, 0) is 13.8 Å². The molecule has 1 rings (SSSR count). The van der Waals surface area contributed by atoms with Gasteiger partial charge in [0.15, 0.2) is 6.19 Å². The van der Waals surface area contributed by atoms with Gasteiger partial charge in [0.2, 0.25) is 5.54 Å². The van der Waals surface area contributed by atoms with Crippen LogP contribution in [0.25, 0.3) is 0 Å². The molecule has 0 aromatic rings. The van der Waals surface area contributed by atoms with E-state index in [4.69, 9.17) is 5.26 Å². The Bertz CT molecular complexity index is 427. The summed E-state index contributed by atoms with van der Waals surface area (Å²) in [5.74, 6) is -0.677. The molecule has 0 saturated heterocycles. The SMILES string of the molecule is COC(=O)C1(C#N)CC(C)=C(C)CN1C#N. The van der Waals surface area contributed by atoms with E-state index in [1.54, 1.807) is 0 Å². The number of methoxy groups -OCH3 is 1. The minimum absolute atomic E-state index is 0.218. The molecule has 0 aromatic heterocycles. The Hall–Kier alpha value is -2.01. The Kier molecular flexibility index (Phi) is 3.20. The van der Waals surface area contributed by atoms with E-state index in [0.717, 1.165) is 11.1 Å². The summed E-state index contributed by atoms with van der Waals surface area (Å²) >= 11 is 0. The summed E-state index contributed by atoms with van der Waals surface area (Å²) in [7, 11) is 1.22. The predicted molar refractivity (Wildman–Crippen MR) is 55.7 cm³/mol. The summed E-state index contributed by atoms with van der Waals surface area (Å²) in [5.41, 5.74) is 0.474. The van der Waals surface area contributed by atoms with E-state index in [1.165, 1.54) is 12.0 Å². The molecule has 0 saturated carbocycles. The van der Waals surface area contributed by atoms with Crippen molar-refractivity contribution in [2.75, 3.05) is 13.7 Å². The van der Waals surface area contributed by atoms with Crippen molar-refractivity contribution in [2.24, 2.45) is 0 Å². The van der Waals surface area contributed by atoms with E-state index in [2.05, 4.69) is 4.74 Å². The number of hydrogen-bond acceptors (Lipinski definition) is 5. The average Bonchev–Trinajstić information content (AvgIpc) is 2.30. The molecule has 0 spiro atoms. The molecule has 0 aliphatic carbocycles. The topological polar surface area (TPSA) is 77.1 Å². The molecule has 0 fully saturated rings. The molecule has 1 aliphatic rings. The zero-order valence-electron chi connectivity index (χ0n) is 9.57. The van der Waals surface area contributed by atoms with E-state index < -0.39 is 11.5 Å². The van der Waals surface area contributed by atoms with E-state index in [-0.39, 0.29) is 6.42 Å². The van der Waals surface area contributed by atoms with E-state index in [0.29, 0.717) is 6.54 Å². The van der Waals surface area contributed by atoms with E-state index in [9.17, 15) is 10.1 Å². The minimum Gasteiger partial charge on any atom is -0.466 e. The Morgan fingerprint density at radius 2 is 2.06 bits per heavy atom. The molecule has 0 radical (unpaired) electrons. The first kappa shape index (κ1) is 12.1. The maximum atomic E-state index is 11.7.